The molecule has 0 atom stereocenters. The maximum Gasteiger partial charge on any atom is 0.255 e. The van der Waals surface area contributed by atoms with Gasteiger partial charge in [-0.3, -0.25) is 9.59 Å². The number of amides is 2. The highest BCUT2D eigenvalue weighted by atomic mass is 32.2. The van der Waals surface area contributed by atoms with Gasteiger partial charge in [0.25, 0.3) is 5.91 Å². The van der Waals surface area contributed by atoms with E-state index in [1.54, 1.807) is 35.2 Å². The first kappa shape index (κ1) is 16.1. The maximum atomic E-state index is 12.5. The lowest BCUT2D eigenvalue weighted by atomic mass is 10.00. The van der Waals surface area contributed by atoms with Gasteiger partial charge in [0.1, 0.15) is 0 Å². The first-order valence-electron chi connectivity index (χ1n) is 7.81. The third-order valence-corrected chi connectivity index (χ3v) is 6.07. The van der Waals surface area contributed by atoms with Crippen molar-refractivity contribution in [1.82, 2.24) is 4.98 Å². The summed E-state index contributed by atoms with van der Waals surface area (Å²) in [6.45, 7) is 0. The number of carbonyl (C=O) groups is 2. The van der Waals surface area contributed by atoms with Crippen LogP contribution in [0.25, 0.3) is 10.2 Å². The zero-order valence-corrected chi connectivity index (χ0v) is 15.1. The predicted octanol–water partition coefficient (Wildman–Crippen LogP) is 4.16. The molecule has 3 aromatic rings. The maximum absolute atomic E-state index is 12.5. The second kappa shape index (κ2) is 6.50. The van der Waals surface area contributed by atoms with Crippen LogP contribution in [0, 0.1) is 0 Å². The monoisotopic (exact) mass is 369 g/mol. The van der Waals surface area contributed by atoms with E-state index in [1.165, 1.54) is 0 Å². The lowest BCUT2D eigenvalue weighted by Gasteiger charge is -2.17. The van der Waals surface area contributed by atoms with Gasteiger partial charge in [-0.05, 0) is 54.6 Å². The van der Waals surface area contributed by atoms with E-state index in [1.807, 2.05) is 30.5 Å². The van der Waals surface area contributed by atoms with E-state index in [2.05, 4.69) is 15.6 Å². The molecule has 1 aromatic heterocycles. The summed E-state index contributed by atoms with van der Waals surface area (Å²) in [6, 6.07) is 11.1. The molecule has 1 aliphatic heterocycles. The Morgan fingerprint density at radius 2 is 2.12 bits per heavy atom. The number of carbonyl (C=O) groups excluding carboxylic acids is 2. The third kappa shape index (κ3) is 3.25. The minimum absolute atomic E-state index is 0.0205. The van der Waals surface area contributed by atoms with Gasteiger partial charge in [0.15, 0.2) is 4.34 Å². The molecular formula is C18H15N3O2S2. The molecule has 7 heteroatoms. The number of fused-ring (bicyclic) bond motifs is 2. The average molecular weight is 369 g/mol. The molecule has 2 aromatic carbocycles. The highest BCUT2D eigenvalue weighted by Crippen LogP contribution is 2.30. The van der Waals surface area contributed by atoms with Gasteiger partial charge in [-0.2, -0.15) is 0 Å². The zero-order valence-electron chi connectivity index (χ0n) is 13.5. The normalized spacial score (nSPS) is 13.4. The smallest absolute Gasteiger partial charge is 0.255 e. The first-order valence-corrected chi connectivity index (χ1v) is 9.85. The highest BCUT2D eigenvalue weighted by Gasteiger charge is 2.17. The Morgan fingerprint density at radius 1 is 1.24 bits per heavy atom. The van der Waals surface area contributed by atoms with E-state index >= 15 is 0 Å². The highest BCUT2D eigenvalue weighted by molar-refractivity contribution is 8.00. The number of nitrogens with one attached hydrogen (secondary N) is 2. The SMILES string of the molecule is CSc1nc2ccc(NC(=O)c3ccc4c(c3)CCC(=O)N4)cc2s1. The number of aromatic nitrogens is 1. The number of thioether (sulfide) groups is 1. The largest absolute Gasteiger partial charge is 0.326 e. The number of thiazole rings is 1. The van der Waals surface area contributed by atoms with Crippen molar-refractivity contribution in [2.45, 2.75) is 17.2 Å². The third-order valence-electron chi connectivity index (χ3n) is 4.06. The predicted molar refractivity (Wildman–Crippen MR) is 103 cm³/mol. The minimum Gasteiger partial charge on any atom is -0.326 e. The summed E-state index contributed by atoms with van der Waals surface area (Å²) in [5, 5.41) is 5.76. The summed E-state index contributed by atoms with van der Waals surface area (Å²) in [4.78, 5) is 28.5. The second-order valence-electron chi connectivity index (χ2n) is 5.74. The van der Waals surface area contributed by atoms with E-state index in [0.29, 0.717) is 18.4 Å². The number of benzene rings is 2. The molecule has 0 aliphatic carbocycles. The van der Waals surface area contributed by atoms with Crippen molar-refractivity contribution in [2.24, 2.45) is 0 Å². The van der Waals surface area contributed by atoms with Crippen molar-refractivity contribution < 1.29 is 9.59 Å². The van der Waals surface area contributed by atoms with Gasteiger partial charge in [-0.25, -0.2) is 4.98 Å². The van der Waals surface area contributed by atoms with Crippen LogP contribution in [0.1, 0.15) is 22.3 Å². The number of rotatable bonds is 3. The van der Waals surface area contributed by atoms with Gasteiger partial charge in [-0.15, -0.1) is 11.3 Å². The molecule has 126 valence electrons. The Bertz CT molecular complexity index is 997. The van der Waals surface area contributed by atoms with Gasteiger partial charge >= 0.3 is 0 Å². The number of aryl methyl sites for hydroxylation is 1. The van der Waals surface area contributed by atoms with Crippen LogP contribution in [0.5, 0.6) is 0 Å². The molecule has 2 amide bonds. The van der Waals surface area contributed by atoms with Gasteiger partial charge in [0.2, 0.25) is 5.91 Å². The van der Waals surface area contributed by atoms with Crippen molar-refractivity contribution >= 4 is 56.5 Å². The Kier molecular flexibility index (Phi) is 4.19. The molecule has 4 rings (SSSR count). The molecule has 25 heavy (non-hydrogen) atoms. The molecular weight excluding hydrogens is 354 g/mol. The lowest BCUT2D eigenvalue weighted by Crippen LogP contribution is -2.20. The molecule has 0 radical (unpaired) electrons. The lowest BCUT2D eigenvalue weighted by molar-refractivity contribution is -0.116. The Morgan fingerprint density at radius 3 is 2.96 bits per heavy atom. The van der Waals surface area contributed by atoms with Crippen molar-refractivity contribution in [3.63, 3.8) is 0 Å². The number of hydrogen-bond acceptors (Lipinski definition) is 5. The van der Waals surface area contributed by atoms with Crippen LogP contribution in [0.4, 0.5) is 11.4 Å². The summed E-state index contributed by atoms with van der Waals surface area (Å²) in [7, 11) is 0. The topological polar surface area (TPSA) is 71.1 Å². The molecule has 0 fully saturated rings. The van der Waals surface area contributed by atoms with Gasteiger partial charge in [0.05, 0.1) is 10.2 Å². The standard InChI is InChI=1S/C18H15N3O2S2/c1-24-18-21-14-6-4-12(9-15(14)25-18)19-17(23)11-2-5-13-10(8-11)3-7-16(22)20-13/h2,4-6,8-9H,3,7H2,1H3,(H,19,23)(H,20,22). The summed E-state index contributed by atoms with van der Waals surface area (Å²) < 4.78 is 2.06. The van der Waals surface area contributed by atoms with Crippen LogP contribution < -0.4 is 10.6 Å². The van der Waals surface area contributed by atoms with Crippen LogP contribution in [0.15, 0.2) is 40.7 Å². The molecule has 0 bridgehead atoms. The fourth-order valence-electron chi connectivity index (χ4n) is 2.80. The van der Waals surface area contributed by atoms with Crippen LogP contribution >= 0.6 is 23.1 Å². The Labute approximate surface area is 152 Å². The number of anilines is 2. The van der Waals surface area contributed by atoms with Crippen LogP contribution in [-0.2, 0) is 11.2 Å². The van der Waals surface area contributed by atoms with E-state index in [0.717, 1.165) is 31.5 Å². The molecule has 0 saturated heterocycles. The van der Waals surface area contributed by atoms with Crippen LogP contribution in [0.3, 0.4) is 0 Å². The van der Waals surface area contributed by atoms with Crippen molar-refractivity contribution in [2.75, 3.05) is 16.9 Å². The van der Waals surface area contributed by atoms with Crippen molar-refractivity contribution in [3.05, 3.63) is 47.5 Å². The summed E-state index contributed by atoms with van der Waals surface area (Å²) in [5.74, 6) is -0.138. The molecule has 0 unspecified atom stereocenters. The van der Waals surface area contributed by atoms with E-state index in [-0.39, 0.29) is 11.8 Å². The molecule has 5 nitrogen and oxygen atoms in total. The summed E-state index contributed by atoms with van der Waals surface area (Å²) in [6.07, 6.45) is 3.11. The fourth-order valence-corrected chi connectivity index (χ4v) is 4.33. The zero-order chi connectivity index (χ0) is 17.4. The second-order valence-corrected chi connectivity index (χ2v) is 7.82. The average Bonchev–Trinajstić information content (AvgIpc) is 3.03. The van der Waals surface area contributed by atoms with E-state index in [4.69, 9.17) is 0 Å². The summed E-state index contributed by atoms with van der Waals surface area (Å²) >= 11 is 3.23. The number of hydrogen-bond donors (Lipinski definition) is 2. The molecule has 0 saturated carbocycles. The van der Waals surface area contributed by atoms with E-state index in [9.17, 15) is 9.59 Å². The quantitative estimate of drug-likeness (QED) is 0.680. The van der Waals surface area contributed by atoms with Crippen molar-refractivity contribution in [3.8, 4) is 0 Å². The molecule has 2 N–H and O–H groups in total. The summed E-state index contributed by atoms with van der Waals surface area (Å²) in [5.41, 5.74) is 4.07. The van der Waals surface area contributed by atoms with Gasteiger partial charge < -0.3 is 10.6 Å². The first-order chi connectivity index (χ1) is 12.1. The van der Waals surface area contributed by atoms with Gasteiger partial charge in [0, 0.05) is 23.4 Å². The van der Waals surface area contributed by atoms with Gasteiger partial charge in [-0.1, -0.05) is 11.8 Å². The number of nitrogens with zero attached hydrogens (tertiary/aromatic N) is 1. The van der Waals surface area contributed by atoms with Crippen LogP contribution in [-0.4, -0.2) is 23.1 Å². The molecule has 0 spiro atoms. The Balaban J connectivity index is 1.56. The van der Waals surface area contributed by atoms with Crippen molar-refractivity contribution in [1.29, 1.82) is 0 Å². The minimum atomic E-state index is -0.159. The molecule has 2 heterocycles. The molecule has 1 aliphatic rings. The Hall–Kier alpha value is -2.38. The fraction of sp³-hybridized carbons (Fsp3) is 0.167. The van der Waals surface area contributed by atoms with Crippen LogP contribution in [0.2, 0.25) is 0 Å². The van der Waals surface area contributed by atoms with E-state index < -0.39 is 0 Å².